The van der Waals surface area contributed by atoms with Crippen molar-refractivity contribution in [3.05, 3.63) is 55.7 Å². The van der Waals surface area contributed by atoms with Gasteiger partial charge in [-0.3, -0.25) is 9.78 Å². The molecule has 2 aromatic rings. The maximum absolute atomic E-state index is 11.6. The molecular weight excluding hydrogens is 244 g/mol. The molecule has 0 aliphatic rings. The van der Waals surface area contributed by atoms with Crippen molar-refractivity contribution in [2.24, 2.45) is 0 Å². The third kappa shape index (κ3) is 1.97. The Balaban J connectivity index is 2.76. The summed E-state index contributed by atoms with van der Waals surface area (Å²) in [6.45, 7) is 1.43. The lowest BCUT2D eigenvalue weighted by molar-refractivity contribution is 0.426. The molecule has 2 rings (SSSR count). The van der Waals surface area contributed by atoms with Gasteiger partial charge in [0.05, 0.1) is 11.3 Å². The van der Waals surface area contributed by atoms with Crippen LogP contribution in [-0.2, 0) is 0 Å². The van der Waals surface area contributed by atoms with Gasteiger partial charge in [0, 0.05) is 5.02 Å². The fourth-order valence-electron chi connectivity index (χ4n) is 1.44. The normalized spacial score (nSPS) is 10.5. The van der Waals surface area contributed by atoms with Crippen LogP contribution in [0.3, 0.4) is 0 Å². The van der Waals surface area contributed by atoms with Crippen LogP contribution in [0.4, 0.5) is 0 Å². The van der Waals surface area contributed by atoms with Gasteiger partial charge in [0.15, 0.2) is 0 Å². The first-order chi connectivity index (χ1) is 8.00. The van der Waals surface area contributed by atoms with Crippen molar-refractivity contribution in [3.63, 3.8) is 0 Å². The third-order valence-corrected chi connectivity index (χ3v) is 2.65. The third-order valence-electron chi connectivity index (χ3n) is 2.40. The number of H-pyrrole nitrogens is 1. The number of aromatic hydroxyl groups is 1. The van der Waals surface area contributed by atoms with Crippen molar-refractivity contribution in [2.45, 2.75) is 6.92 Å². The standard InChI is InChI=1S/C11H9ClN2O3/c1-6-9(15)13-11(17)14(10(6)16)8-4-2-7(12)3-5-8/h2-5,16H,1H3,(H,13,15,17). The summed E-state index contributed by atoms with van der Waals surface area (Å²) in [5, 5.41) is 10.3. The largest absolute Gasteiger partial charge is 0.494 e. The number of nitrogens with one attached hydrogen (secondary N) is 1. The average Bonchev–Trinajstić information content (AvgIpc) is 2.29. The van der Waals surface area contributed by atoms with Gasteiger partial charge in [0.1, 0.15) is 0 Å². The summed E-state index contributed by atoms with van der Waals surface area (Å²) in [5.74, 6) is -0.374. The predicted molar refractivity (Wildman–Crippen MR) is 64.1 cm³/mol. The van der Waals surface area contributed by atoms with Crippen LogP contribution >= 0.6 is 11.6 Å². The van der Waals surface area contributed by atoms with Crippen molar-refractivity contribution < 1.29 is 5.11 Å². The molecular formula is C11H9ClN2O3. The Kier molecular flexibility index (Phi) is 2.77. The van der Waals surface area contributed by atoms with Gasteiger partial charge >= 0.3 is 5.69 Å². The van der Waals surface area contributed by atoms with Crippen molar-refractivity contribution in [3.8, 4) is 11.6 Å². The van der Waals surface area contributed by atoms with E-state index in [4.69, 9.17) is 11.6 Å². The second-order valence-corrected chi connectivity index (χ2v) is 3.96. The lowest BCUT2D eigenvalue weighted by atomic mass is 10.3. The highest BCUT2D eigenvalue weighted by molar-refractivity contribution is 6.30. The molecule has 6 heteroatoms. The topological polar surface area (TPSA) is 75.1 Å². The van der Waals surface area contributed by atoms with E-state index in [1.807, 2.05) is 0 Å². The molecule has 1 aromatic heterocycles. The minimum atomic E-state index is -0.694. The van der Waals surface area contributed by atoms with Crippen LogP contribution in [0.1, 0.15) is 5.56 Å². The minimum absolute atomic E-state index is 0.0829. The van der Waals surface area contributed by atoms with E-state index >= 15 is 0 Å². The second kappa shape index (κ2) is 4.10. The van der Waals surface area contributed by atoms with Gasteiger partial charge in [-0.25, -0.2) is 9.36 Å². The zero-order chi connectivity index (χ0) is 12.6. The Morgan fingerprint density at radius 3 is 2.41 bits per heavy atom. The van der Waals surface area contributed by atoms with Crippen LogP contribution < -0.4 is 11.2 Å². The van der Waals surface area contributed by atoms with Crippen molar-refractivity contribution in [1.29, 1.82) is 0 Å². The molecule has 0 fully saturated rings. The summed E-state index contributed by atoms with van der Waals surface area (Å²) >= 11 is 5.73. The van der Waals surface area contributed by atoms with Crippen LogP contribution in [0.15, 0.2) is 33.9 Å². The molecule has 0 atom stereocenters. The summed E-state index contributed by atoms with van der Waals surface area (Å²) < 4.78 is 1.01. The maximum Gasteiger partial charge on any atom is 0.335 e. The lowest BCUT2D eigenvalue weighted by Gasteiger charge is -2.09. The zero-order valence-electron chi connectivity index (χ0n) is 8.90. The van der Waals surface area contributed by atoms with Crippen molar-refractivity contribution in [2.75, 3.05) is 0 Å². The van der Waals surface area contributed by atoms with Crippen LogP contribution in [-0.4, -0.2) is 14.7 Å². The summed E-state index contributed by atoms with van der Waals surface area (Å²) in [6.07, 6.45) is 0. The van der Waals surface area contributed by atoms with Crippen LogP contribution in [0, 0.1) is 6.92 Å². The van der Waals surface area contributed by atoms with Crippen molar-refractivity contribution >= 4 is 11.6 Å². The van der Waals surface area contributed by atoms with Crippen molar-refractivity contribution in [1.82, 2.24) is 9.55 Å². The first-order valence-electron chi connectivity index (χ1n) is 4.81. The molecule has 17 heavy (non-hydrogen) atoms. The number of benzene rings is 1. The molecule has 0 aliphatic carbocycles. The molecule has 0 saturated heterocycles. The summed E-state index contributed by atoms with van der Waals surface area (Å²) in [6, 6.07) is 6.31. The Labute approximate surface area is 101 Å². The SMILES string of the molecule is Cc1c(O)n(-c2ccc(Cl)cc2)c(=O)[nH]c1=O. The lowest BCUT2D eigenvalue weighted by Crippen LogP contribution is -2.30. The van der Waals surface area contributed by atoms with E-state index in [1.54, 1.807) is 24.3 Å². The molecule has 0 unspecified atom stereocenters. The Bertz CT molecular complexity index is 671. The van der Waals surface area contributed by atoms with Crippen LogP contribution in [0.5, 0.6) is 5.88 Å². The molecule has 0 spiro atoms. The van der Waals surface area contributed by atoms with Gasteiger partial charge in [-0.05, 0) is 31.2 Å². The van der Waals surface area contributed by atoms with E-state index < -0.39 is 11.2 Å². The van der Waals surface area contributed by atoms with Gasteiger partial charge in [-0.2, -0.15) is 0 Å². The maximum atomic E-state index is 11.6. The average molecular weight is 253 g/mol. The summed E-state index contributed by atoms with van der Waals surface area (Å²) in [5.41, 5.74) is -0.783. The molecule has 0 amide bonds. The molecule has 88 valence electrons. The first kappa shape index (κ1) is 11.5. The molecule has 1 heterocycles. The summed E-state index contributed by atoms with van der Waals surface area (Å²) in [4.78, 5) is 25.0. The highest BCUT2D eigenvalue weighted by Crippen LogP contribution is 2.17. The number of nitrogens with zero attached hydrogens (tertiary/aromatic N) is 1. The molecule has 1 aromatic carbocycles. The molecule has 5 nitrogen and oxygen atoms in total. The van der Waals surface area contributed by atoms with Gasteiger partial charge in [0.2, 0.25) is 5.88 Å². The van der Waals surface area contributed by atoms with E-state index in [1.165, 1.54) is 6.92 Å². The molecule has 0 radical (unpaired) electrons. The van der Waals surface area contributed by atoms with Gasteiger partial charge < -0.3 is 5.11 Å². The summed E-state index contributed by atoms with van der Waals surface area (Å²) in [7, 11) is 0. The fourth-order valence-corrected chi connectivity index (χ4v) is 1.57. The first-order valence-corrected chi connectivity index (χ1v) is 5.19. The number of hydrogen-bond donors (Lipinski definition) is 2. The van der Waals surface area contributed by atoms with E-state index in [0.29, 0.717) is 10.7 Å². The number of rotatable bonds is 1. The zero-order valence-corrected chi connectivity index (χ0v) is 9.65. The van der Waals surface area contributed by atoms with Gasteiger partial charge in [-0.15, -0.1) is 0 Å². The molecule has 0 aliphatic heterocycles. The van der Waals surface area contributed by atoms with E-state index in [2.05, 4.69) is 4.98 Å². The number of aromatic nitrogens is 2. The number of hydrogen-bond acceptors (Lipinski definition) is 3. The van der Waals surface area contributed by atoms with E-state index in [-0.39, 0.29) is 11.4 Å². The van der Waals surface area contributed by atoms with Gasteiger partial charge in [0.25, 0.3) is 5.56 Å². The van der Waals surface area contributed by atoms with E-state index in [0.717, 1.165) is 4.57 Å². The Hall–Kier alpha value is -2.01. The molecule has 0 bridgehead atoms. The highest BCUT2D eigenvalue weighted by Gasteiger charge is 2.11. The number of halogens is 1. The monoisotopic (exact) mass is 252 g/mol. The van der Waals surface area contributed by atoms with E-state index in [9.17, 15) is 14.7 Å². The number of aromatic amines is 1. The molecule has 0 saturated carbocycles. The minimum Gasteiger partial charge on any atom is -0.494 e. The quantitative estimate of drug-likeness (QED) is 0.801. The fraction of sp³-hybridized carbons (Fsp3) is 0.0909. The Morgan fingerprint density at radius 2 is 1.82 bits per heavy atom. The van der Waals surface area contributed by atoms with Crippen LogP contribution in [0.25, 0.3) is 5.69 Å². The Morgan fingerprint density at radius 1 is 1.24 bits per heavy atom. The second-order valence-electron chi connectivity index (χ2n) is 3.52. The smallest absolute Gasteiger partial charge is 0.335 e. The molecule has 2 N–H and O–H groups in total. The predicted octanol–water partition coefficient (Wildman–Crippen LogP) is 1.19. The van der Waals surface area contributed by atoms with Crippen LogP contribution in [0.2, 0.25) is 5.02 Å². The van der Waals surface area contributed by atoms with Gasteiger partial charge in [-0.1, -0.05) is 11.6 Å². The highest BCUT2D eigenvalue weighted by atomic mass is 35.5.